The third-order valence-corrected chi connectivity index (χ3v) is 5.79. The van der Waals surface area contributed by atoms with Crippen LogP contribution in [0.5, 0.6) is 0 Å². The molecule has 0 aliphatic rings. The van der Waals surface area contributed by atoms with Crippen LogP contribution in [0.15, 0.2) is 60.7 Å². The lowest BCUT2D eigenvalue weighted by Crippen LogP contribution is -2.30. The standard InChI is InChI=1S/C27H27N3O3/c1-5-30-24-13-11-19(27(32)28-16-25(31)33-4)15-23(24)29-26(30)22-9-7-6-8-21(22)20-12-10-17(2)14-18(20)3/h6-15H,5,16H2,1-4H3,(H,28,32). The number of rotatable bonds is 6. The molecule has 0 fully saturated rings. The number of carbonyl (C=O) groups is 2. The summed E-state index contributed by atoms with van der Waals surface area (Å²) < 4.78 is 6.74. The number of nitrogens with one attached hydrogen (secondary N) is 1. The molecule has 1 amide bonds. The number of benzene rings is 3. The van der Waals surface area contributed by atoms with Crippen molar-refractivity contribution in [3.05, 3.63) is 77.4 Å². The number of methoxy groups -OCH3 is 1. The quantitative estimate of drug-likeness (QED) is 0.432. The van der Waals surface area contributed by atoms with E-state index in [1.54, 1.807) is 12.1 Å². The lowest BCUT2D eigenvalue weighted by Gasteiger charge is -2.14. The molecule has 6 heteroatoms. The smallest absolute Gasteiger partial charge is 0.325 e. The molecule has 1 heterocycles. The molecule has 1 aromatic heterocycles. The Morgan fingerprint density at radius 2 is 1.73 bits per heavy atom. The molecule has 4 rings (SSSR count). The minimum absolute atomic E-state index is 0.175. The number of hydrogen-bond acceptors (Lipinski definition) is 4. The first kappa shape index (κ1) is 22.3. The van der Waals surface area contributed by atoms with E-state index in [2.05, 4.69) is 65.7 Å². The summed E-state index contributed by atoms with van der Waals surface area (Å²) in [6, 6.07) is 20.2. The van der Waals surface area contributed by atoms with Crippen molar-refractivity contribution in [3.8, 4) is 22.5 Å². The number of ether oxygens (including phenoxy) is 1. The van der Waals surface area contributed by atoms with Gasteiger partial charge in [-0.25, -0.2) is 4.98 Å². The zero-order chi connectivity index (χ0) is 23.5. The number of aryl methyl sites for hydroxylation is 3. The topological polar surface area (TPSA) is 73.2 Å². The van der Waals surface area contributed by atoms with Crippen LogP contribution in [-0.2, 0) is 16.1 Å². The molecule has 33 heavy (non-hydrogen) atoms. The normalized spacial score (nSPS) is 10.9. The summed E-state index contributed by atoms with van der Waals surface area (Å²) >= 11 is 0. The molecular weight excluding hydrogens is 414 g/mol. The number of nitrogens with zero attached hydrogens (tertiary/aromatic N) is 2. The number of carbonyl (C=O) groups excluding carboxylic acids is 2. The summed E-state index contributed by atoms with van der Waals surface area (Å²) in [7, 11) is 1.29. The molecule has 0 unspecified atom stereocenters. The minimum Gasteiger partial charge on any atom is -0.468 e. The van der Waals surface area contributed by atoms with Crippen LogP contribution in [0.4, 0.5) is 0 Å². The Morgan fingerprint density at radius 1 is 0.970 bits per heavy atom. The zero-order valence-corrected chi connectivity index (χ0v) is 19.3. The molecule has 0 saturated heterocycles. The fourth-order valence-electron chi connectivity index (χ4n) is 4.15. The molecule has 0 radical (unpaired) electrons. The molecule has 0 bridgehead atoms. The maximum atomic E-state index is 12.5. The fourth-order valence-corrected chi connectivity index (χ4v) is 4.15. The Labute approximate surface area is 193 Å². The molecule has 0 spiro atoms. The average molecular weight is 442 g/mol. The summed E-state index contributed by atoms with van der Waals surface area (Å²) in [5, 5.41) is 2.57. The fraction of sp³-hybridized carbons (Fsp3) is 0.222. The van der Waals surface area contributed by atoms with Crippen LogP contribution >= 0.6 is 0 Å². The molecule has 0 atom stereocenters. The second-order valence-corrected chi connectivity index (χ2v) is 8.01. The highest BCUT2D eigenvalue weighted by atomic mass is 16.5. The first-order valence-electron chi connectivity index (χ1n) is 10.9. The van der Waals surface area contributed by atoms with Gasteiger partial charge in [0.25, 0.3) is 5.91 Å². The van der Waals surface area contributed by atoms with E-state index in [1.807, 2.05) is 18.2 Å². The van der Waals surface area contributed by atoms with Crippen molar-refractivity contribution in [1.82, 2.24) is 14.9 Å². The molecule has 4 aromatic rings. The van der Waals surface area contributed by atoms with Crippen LogP contribution in [0.25, 0.3) is 33.5 Å². The van der Waals surface area contributed by atoms with Gasteiger partial charge in [0, 0.05) is 17.7 Å². The van der Waals surface area contributed by atoms with Crippen molar-refractivity contribution in [1.29, 1.82) is 0 Å². The number of aromatic nitrogens is 2. The summed E-state index contributed by atoms with van der Waals surface area (Å²) in [6.07, 6.45) is 0. The van der Waals surface area contributed by atoms with Gasteiger partial charge < -0.3 is 14.6 Å². The minimum atomic E-state index is -0.495. The highest BCUT2D eigenvalue weighted by molar-refractivity contribution is 5.99. The van der Waals surface area contributed by atoms with E-state index in [-0.39, 0.29) is 12.5 Å². The Hall–Kier alpha value is -3.93. The summed E-state index contributed by atoms with van der Waals surface area (Å²) in [5.74, 6) is 0.0192. The number of fused-ring (bicyclic) bond motifs is 1. The largest absolute Gasteiger partial charge is 0.468 e. The summed E-state index contributed by atoms with van der Waals surface area (Å²) in [4.78, 5) is 28.8. The second-order valence-electron chi connectivity index (χ2n) is 8.01. The van der Waals surface area contributed by atoms with Crippen molar-refractivity contribution in [2.24, 2.45) is 0 Å². The molecule has 6 nitrogen and oxygen atoms in total. The maximum absolute atomic E-state index is 12.5. The van der Waals surface area contributed by atoms with Gasteiger partial charge in [-0.3, -0.25) is 9.59 Å². The van der Waals surface area contributed by atoms with E-state index in [0.29, 0.717) is 5.56 Å². The van der Waals surface area contributed by atoms with Crippen LogP contribution in [0.1, 0.15) is 28.4 Å². The van der Waals surface area contributed by atoms with Crippen LogP contribution in [0.2, 0.25) is 0 Å². The first-order valence-corrected chi connectivity index (χ1v) is 10.9. The van der Waals surface area contributed by atoms with E-state index < -0.39 is 5.97 Å². The van der Waals surface area contributed by atoms with Crippen LogP contribution in [0, 0.1) is 13.8 Å². The van der Waals surface area contributed by atoms with Crippen molar-refractivity contribution >= 4 is 22.9 Å². The molecule has 1 N–H and O–H groups in total. The van der Waals surface area contributed by atoms with Crippen molar-refractivity contribution in [3.63, 3.8) is 0 Å². The molecule has 0 aliphatic carbocycles. The first-order chi connectivity index (χ1) is 15.9. The highest BCUT2D eigenvalue weighted by Crippen LogP contribution is 2.35. The molecular formula is C27H27N3O3. The summed E-state index contributed by atoms with van der Waals surface area (Å²) in [5.41, 5.74) is 7.91. The van der Waals surface area contributed by atoms with E-state index in [4.69, 9.17) is 4.98 Å². The molecule has 0 saturated carbocycles. The van der Waals surface area contributed by atoms with E-state index in [9.17, 15) is 9.59 Å². The van der Waals surface area contributed by atoms with Gasteiger partial charge in [0.1, 0.15) is 12.4 Å². The highest BCUT2D eigenvalue weighted by Gasteiger charge is 2.18. The van der Waals surface area contributed by atoms with Gasteiger partial charge in [0.15, 0.2) is 0 Å². The van der Waals surface area contributed by atoms with Gasteiger partial charge >= 0.3 is 5.97 Å². The lowest BCUT2D eigenvalue weighted by molar-refractivity contribution is -0.139. The second kappa shape index (κ2) is 9.28. The molecule has 3 aromatic carbocycles. The summed E-state index contributed by atoms with van der Waals surface area (Å²) in [6.45, 7) is 6.87. The average Bonchev–Trinajstić information content (AvgIpc) is 3.20. The zero-order valence-electron chi connectivity index (χ0n) is 19.3. The number of amides is 1. The van der Waals surface area contributed by atoms with E-state index in [1.165, 1.54) is 23.8 Å². The maximum Gasteiger partial charge on any atom is 0.325 e. The monoisotopic (exact) mass is 441 g/mol. The van der Waals surface area contributed by atoms with Crippen LogP contribution in [0.3, 0.4) is 0 Å². The van der Waals surface area contributed by atoms with Crippen molar-refractivity contribution in [2.75, 3.05) is 13.7 Å². The Morgan fingerprint density at radius 3 is 2.42 bits per heavy atom. The predicted molar refractivity (Wildman–Crippen MR) is 130 cm³/mol. The van der Waals surface area contributed by atoms with Gasteiger partial charge in [-0.15, -0.1) is 0 Å². The molecule has 0 aliphatic heterocycles. The van der Waals surface area contributed by atoms with Crippen molar-refractivity contribution < 1.29 is 14.3 Å². The van der Waals surface area contributed by atoms with Gasteiger partial charge in [-0.05, 0) is 55.7 Å². The van der Waals surface area contributed by atoms with Gasteiger partial charge in [0.05, 0.1) is 18.1 Å². The predicted octanol–water partition coefficient (Wildman–Crippen LogP) is 4.91. The Bertz CT molecular complexity index is 1350. The Balaban J connectivity index is 1.79. The third-order valence-electron chi connectivity index (χ3n) is 5.79. The van der Waals surface area contributed by atoms with E-state index in [0.717, 1.165) is 34.5 Å². The lowest BCUT2D eigenvalue weighted by atomic mass is 9.94. The van der Waals surface area contributed by atoms with Crippen molar-refractivity contribution in [2.45, 2.75) is 27.3 Å². The van der Waals surface area contributed by atoms with Gasteiger partial charge in [-0.2, -0.15) is 0 Å². The van der Waals surface area contributed by atoms with Crippen LogP contribution in [-0.4, -0.2) is 35.1 Å². The molecule has 168 valence electrons. The van der Waals surface area contributed by atoms with Crippen LogP contribution < -0.4 is 5.32 Å². The van der Waals surface area contributed by atoms with Gasteiger partial charge in [-0.1, -0.05) is 48.0 Å². The number of imidazole rings is 1. The SMILES string of the molecule is CCn1c(-c2ccccc2-c2ccc(C)cc2C)nc2cc(C(=O)NCC(=O)OC)ccc21. The number of esters is 1. The number of hydrogen-bond donors (Lipinski definition) is 1. The van der Waals surface area contributed by atoms with E-state index >= 15 is 0 Å². The van der Waals surface area contributed by atoms with Gasteiger partial charge in [0.2, 0.25) is 0 Å². The Kier molecular flexibility index (Phi) is 6.27. The third kappa shape index (κ3) is 4.37.